The first kappa shape index (κ1) is 19.5. The van der Waals surface area contributed by atoms with Crippen molar-refractivity contribution in [1.29, 1.82) is 0 Å². The van der Waals surface area contributed by atoms with Gasteiger partial charge in [-0.05, 0) is 54.3 Å². The molecule has 142 valence electrons. The fourth-order valence-electron chi connectivity index (χ4n) is 3.07. The van der Waals surface area contributed by atoms with E-state index in [1.165, 1.54) is 12.1 Å². The standard InChI is InChI=1S/C19H18ClFN2O3S/c1-2-9-22-27(25,26)18-11-13(3-7-16(18)21)19(24)23-17-8-4-12-10-14(20)5-6-15(12)17/h2-3,5-7,10-11,17,22H,1,4,8-9H2,(H,23,24). The second kappa shape index (κ2) is 7.80. The van der Waals surface area contributed by atoms with E-state index >= 15 is 0 Å². The number of rotatable bonds is 6. The minimum Gasteiger partial charge on any atom is -0.345 e. The highest BCUT2D eigenvalue weighted by atomic mass is 35.5. The number of nitrogens with one attached hydrogen (secondary N) is 2. The molecule has 0 aromatic heterocycles. The Morgan fingerprint density at radius 3 is 2.81 bits per heavy atom. The monoisotopic (exact) mass is 408 g/mol. The zero-order chi connectivity index (χ0) is 19.6. The zero-order valence-corrected chi connectivity index (χ0v) is 15.9. The number of sulfonamides is 1. The van der Waals surface area contributed by atoms with Gasteiger partial charge in [0.25, 0.3) is 5.91 Å². The number of hydrogen-bond donors (Lipinski definition) is 2. The van der Waals surface area contributed by atoms with Crippen molar-refractivity contribution in [3.63, 3.8) is 0 Å². The number of halogens is 2. The van der Waals surface area contributed by atoms with Gasteiger partial charge in [-0.25, -0.2) is 17.5 Å². The van der Waals surface area contributed by atoms with E-state index in [4.69, 9.17) is 11.6 Å². The second-order valence-corrected chi connectivity index (χ2v) is 8.37. The average Bonchev–Trinajstić information content (AvgIpc) is 3.02. The molecule has 0 fully saturated rings. The average molecular weight is 409 g/mol. The molecule has 8 heteroatoms. The van der Waals surface area contributed by atoms with Crippen LogP contribution in [0.4, 0.5) is 4.39 Å². The molecule has 0 aliphatic heterocycles. The van der Waals surface area contributed by atoms with Gasteiger partial charge in [0.15, 0.2) is 0 Å². The molecule has 0 saturated carbocycles. The summed E-state index contributed by atoms with van der Waals surface area (Å²) in [5, 5.41) is 3.52. The maximum Gasteiger partial charge on any atom is 0.251 e. The molecule has 1 aliphatic carbocycles. The maximum absolute atomic E-state index is 14.0. The van der Waals surface area contributed by atoms with Crippen LogP contribution in [0.25, 0.3) is 0 Å². The summed E-state index contributed by atoms with van der Waals surface area (Å²) in [4.78, 5) is 12.0. The number of amides is 1. The lowest BCUT2D eigenvalue weighted by molar-refractivity contribution is 0.0936. The first-order valence-electron chi connectivity index (χ1n) is 8.31. The van der Waals surface area contributed by atoms with Crippen molar-refractivity contribution in [3.05, 3.63) is 76.6 Å². The Bertz CT molecular complexity index is 1010. The van der Waals surface area contributed by atoms with E-state index < -0.39 is 26.6 Å². The summed E-state index contributed by atoms with van der Waals surface area (Å²) in [6, 6.07) is 8.57. The molecule has 0 radical (unpaired) electrons. The van der Waals surface area contributed by atoms with E-state index in [-0.39, 0.29) is 18.2 Å². The highest BCUT2D eigenvalue weighted by Gasteiger charge is 2.26. The first-order chi connectivity index (χ1) is 12.8. The lowest BCUT2D eigenvalue weighted by Crippen LogP contribution is -2.28. The van der Waals surface area contributed by atoms with Gasteiger partial charge in [0, 0.05) is 17.1 Å². The van der Waals surface area contributed by atoms with Gasteiger partial charge in [0.05, 0.1) is 6.04 Å². The zero-order valence-electron chi connectivity index (χ0n) is 14.3. The van der Waals surface area contributed by atoms with Crippen LogP contribution in [0.3, 0.4) is 0 Å². The highest BCUT2D eigenvalue weighted by Crippen LogP contribution is 2.33. The van der Waals surface area contributed by atoms with Gasteiger partial charge in [0.2, 0.25) is 10.0 Å². The quantitative estimate of drug-likeness (QED) is 0.719. The van der Waals surface area contributed by atoms with Gasteiger partial charge in [-0.3, -0.25) is 4.79 Å². The van der Waals surface area contributed by atoms with E-state index in [9.17, 15) is 17.6 Å². The third-order valence-electron chi connectivity index (χ3n) is 4.39. The smallest absolute Gasteiger partial charge is 0.251 e. The normalized spacial score (nSPS) is 16.0. The molecule has 3 rings (SSSR count). The summed E-state index contributed by atoms with van der Waals surface area (Å²) in [6.45, 7) is 3.37. The number of hydrogen-bond acceptors (Lipinski definition) is 3. The van der Waals surface area contributed by atoms with E-state index in [1.54, 1.807) is 6.07 Å². The lowest BCUT2D eigenvalue weighted by Gasteiger charge is -2.15. The van der Waals surface area contributed by atoms with Crippen molar-refractivity contribution in [2.45, 2.75) is 23.8 Å². The molecule has 0 spiro atoms. The predicted molar refractivity (Wildman–Crippen MR) is 102 cm³/mol. The van der Waals surface area contributed by atoms with E-state index in [1.807, 2.05) is 12.1 Å². The minimum atomic E-state index is -4.08. The van der Waals surface area contributed by atoms with Gasteiger partial charge in [-0.1, -0.05) is 23.7 Å². The van der Waals surface area contributed by atoms with Crippen molar-refractivity contribution >= 4 is 27.5 Å². The Balaban J connectivity index is 1.83. The fraction of sp³-hybridized carbons (Fsp3) is 0.211. The minimum absolute atomic E-state index is 0.0420. The number of fused-ring (bicyclic) bond motifs is 1. The van der Waals surface area contributed by atoms with Crippen molar-refractivity contribution in [2.24, 2.45) is 0 Å². The summed E-state index contributed by atoms with van der Waals surface area (Å²) in [7, 11) is -4.08. The molecule has 2 aromatic rings. The van der Waals surface area contributed by atoms with Crippen molar-refractivity contribution in [2.75, 3.05) is 6.54 Å². The molecule has 1 amide bonds. The van der Waals surface area contributed by atoms with E-state index in [2.05, 4.69) is 16.6 Å². The van der Waals surface area contributed by atoms with Crippen LogP contribution in [0.1, 0.15) is 33.9 Å². The third kappa shape index (κ3) is 4.21. The molecule has 27 heavy (non-hydrogen) atoms. The summed E-state index contributed by atoms with van der Waals surface area (Å²) in [6.07, 6.45) is 2.85. The molecule has 0 saturated heterocycles. The molecule has 1 aliphatic rings. The van der Waals surface area contributed by atoms with Crippen LogP contribution in [-0.4, -0.2) is 20.9 Å². The van der Waals surface area contributed by atoms with Gasteiger partial charge in [0.1, 0.15) is 10.7 Å². The first-order valence-corrected chi connectivity index (χ1v) is 10.2. The van der Waals surface area contributed by atoms with Gasteiger partial charge >= 0.3 is 0 Å². The third-order valence-corrected chi connectivity index (χ3v) is 6.06. The van der Waals surface area contributed by atoms with Crippen molar-refractivity contribution in [1.82, 2.24) is 10.0 Å². The maximum atomic E-state index is 14.0. The highest BCUT2D eigenvalue weighted by molar-refractivity contribution is 7.89. The SMILES string of the molecule is C=CCNS(=O)(=O)c1cc(C(=O)NC2CCc3cc(Cl)ccc32)ccc1F. The van der Waals surface area contributed by atoms with Crippen LogP contribution < -0.4 is 10.0 Å². The Kier molecular flexibility index (Phi) is 5.64. The Hall–Kier alpha value is -2.22. The topological polar surface area (TPSA) is 75.3 Å². The van der Waals surface area contributed by atoms with Crippen LogP contribution in [0.15, 0.2) is 53.9 Å². The van der Waals surface area contributed by atoms with Crippen LogP contribution in [0, 0.1) is 5.82 Å². The van der Waals surface area contributed by atoms with E-state index in [0.717, 1.165) is 29.7 Å². The molecule has 5 nitrogen and oxygen atoms in total. The van der Waals surface area contributed by atoms with Gasteiger partial charge in [-0.2, -0.15) is 0 Å². The summed E-state index contributed by atoms with van der Waals surface area (Å²) >= 11 is 5.99. The molecule has 0 heterocycles. The Labute approximate surface area is 162 Å². The molecular weight excluding hydrogens is 391 g/mol. The molecule has 0 bridgehead atoms. The van der Waals surface area contributed by atoms with Gasteiger partial charge < -0.3 is 5.32 Å². The summed E-state index contributed by atoms with van der Waals surface area (Å²) < 4.78 is 40.6. The Morgan fingerprint density at radius 1 is 1.30 bits per heavy atom. The summed E-state index contributed by atoms with van der Waals surface area (Å²) in [5.41, 5.74) is 2.12. The predicted octanol–water partition coefficient (Wildman–Crippen LogP) is 3.36. The van der Waals surface area contributed by atoms with Crippen LogP contribution >= 0.6 is 11.6 Å². The fourth-order valence-corrected chi connectivity index (χ4v) is 4.37. The number of benzene rings is 2. The number of carbonyl (C=O) groups is 1. The number of carbonyl (C=O) groups excluding carboxylic acids is 1. The Morgan fingerprint density at radius 2 is 2.07 bits per heavy atom. The van der Waals surface area contributed by atoms with Crippen molar-refractivity contribution in [3.8, 4) is 0 Å². The molecule has 2 N–H and O–H groups in total. The molecular formula is C19H18ClFN2O3S. The summed E-state index contributed by atoms with van der Waals surface area (Å²) in [5.74, 6) is -1.40. The van der Waals surface area contributed by atoms with Gasteiger partial charge in [-0.15, -0.1) is 6.58 Å². The molecule has 1 atom stereocenters. The van der Waals surface area contributed by atoms with Crippen LogP contribution in [0.2, 0.25) is 5.02 Å². The lowest BCUT2D eigenvalue weighted by atomic mass is 10.1. The largest absolute Gasteiger partial charge is 0.345 e. The number of aryl methyl sites for hydroxylation is 1. The van der Waals surface area contributed by atoms with Crippen molar-refractivity contribution < 1.29 is 17.6 Å². The molecule has 1 unspecified atom stereocenters. The second-order valence-electron chi connectivity index (χ2n) is 6.19. The van der Waals surface area contributed by atoms with E-state index in [0.29, 0.717) is 11.4 Å². The van der Waals surface area contributed by atoms with Crippen LogP contribution in [-0.2, 0) is 16.4 Å². The molecule has 2 aromatic carbocycles. The van der Waals surface area contributed by atoms with Crippen LogP contribution in [0.5, 0.6) is 0 Å².